The van der Waals surface area contributed by atoms with Gasteiger partial charge in [0.05, 0.1) is 7.11 Å². The van der Waals surface area contributed by atoms with Gasteiger partial charge < -0.3 is 14.7 Å². The van der Waals surface area contributed by atoms with Gasteiger partial charge in [-0.1, -0.05) is 17.7 Å². The van der Waals surface area contributed by atoms with Crippen molar-refractivity contribution in [2.75, 3.05) is 38.2 Å². The Bertz CT molecular complexity index is 791. The summed E-state index contributed by atoms with van der Waals surface area (Å²) < 4.78 is 5.36. The molecule has 1 aliphatic heterocycles. The van der Waals surface area contributed by atoms with Crippen molar-refractivity contribution in [1.29, 1.82) is 0 Å². The van der Waals surface area contributed by atoms with Crippen LogP contribution >= 0.6 is 11.6 Å². The molecular weight excluding hydrogens is 354 g/mol. The van der Waals surface area contributed by atoms with Crippen LogP contribution in [-0.2, 0) is 4.79 Å². The summed E-state index contributed by atoms with van der Waals surface area (Å²) in [5, 5.41) is 10.3. The zero-order chi connectivity index (χ0) is 18.7. The number of aromatic nitrogens is 1. The molecule has 1 atom stereocenters. The van der Waals surface area contributed by atoms with Crippen LogP contribution in [0.4, 0.5) is 5.82 Å². The number of aliphatic carboxylic acids is 1. The van der Waals surface area contributed by atoms with E-state index in [1.807, 2.05) is 24.0 Å². The summed E-state index contributed by atoms with van der Waals surface area (Å²) >= 11 is 6.10. The third-order valence-electron chi connectivity index (χ3n) is 4.68. The fourth-order valence-electron chi connectivity index (χ4n) is 3.41. The molecule has 0 aliphatic carbocycles. The molecule has 0 unspecified atom stereocenters. The van der Waals surface area contributed by atoms with Crippen LogP contribution in [0.1, 0.15) is 17.2 Å². The first kappa shape index (κ1) is 18.5. The highest BCUT2D eigenvalue weighted by Crippen LogP contribution is 2.33. The zero-order valence-electron chi connectivity index (χ0n) is 14.9. The first-order valence-electron chi connectivity index (χ1n) is 8.48. The van der Waals surface area contributed by atoms with E-state index in [2.05, 4.69) is 9.88 Å². The Hall–Kier alpha value is -2.31. The van der Waals surface area contributed by atoms with Gasteiger partial charge in [0.15, 0.2) is 0 Å². The van der Waals surface area contributed by atoms with E-state index in [9.17, 15) is 9.90 Å². The molecule has 1 aromatic carbocycles. The second kappa shape index (κ2) is 7.93. The van der Waals surface area contributed by atoms with Gasteiger partial charge in [0.25, 0.3) is 0 Å². The van der Waals surface area contributed by atoms with E-state index in [0.717, 1.165) is 11.4 Å². The number of hydrogen-bond acceptors (Lipinski definition) is 5. The number of carboxylic acids is 1. The Balaban J connectivity index is 1.81. The van der Waals surface area contributed by atoms with E-state index < -0.39 is 12.0 Å². The highest BCUT2D eigenvalue weighted by molar-refractivity contribution is 6.30. The number of anilines is 1. The molecule has 3 rings (SSSR count). The first-order chi connectivity index (χ1) is 12.5. The van der Waals surface area contributed by atoms with Crippen LogP contribution in [0.15, 0.2) is 36.5 Å². The number of carboxylic acid groups (broad SMARTS) is 1. The molecule has 0 bridgehead atoms. The van der Waals surface area contributed by atoms with Gasteiger partial charge in [0.2, 0.25) is 0 Å². The fraction of sp³-hybridized carbons (Fsp3) is 0.368. The molecule has 26 heavy (non-hydrogen) atoms. The van der Waals surface area contributed by atoms with Gasteiger partial charge in [0.1, 0.15) is 17.6 Å². The quantitative estimate of drug-likeness (QED) is 0.866. The van der Waals surface area contributed by atoms with E-state index in [1.165, 1.54) is 7.11 Å². The van der Waals surface area contributed by atoms with Crippen LogP contribution in [-0.4, -0.2) is 54.2 Å². The van der Waals surface area contributed by atoms with Gasteiger partial charge in [-0.3, -0.25) is 9.69 Å². The van der Waals surface area contributed by atoms with Crippen LogP contribution < -0.4 is 9.64 Å². The maximum absolute atomic E-state index is 12.0. The van der Waals surface area contributed by atoms with Gasteiger partial charge >= 0.3 is 5.97 Å². The van der Waals surface area contributed by atoms with Crippen LogP contribution in [0.5, 0.6) is 5.75 Å². The SMILES string of the molecule is COc1ccc(Cl)cc1[C@@H](C(=O)O)N1CCN(c2ncccc2C)CC1. The maximum Gasteiger partial charge on any atom is 0.325 e. The molecule has 1 aliphatic rings. The van der Waals surface area contributed by atoms with Crippen LogP contribution in [0.3, 0.4) is 0 Å². The molecule has 6 nitrogen and oxygen atoms in total. The predicted molar refractivity (Wildman–Crippen MR) is 101 cm³/mol. The zero-order valence-corrected chi connectivity index (χ0v) is 15.6. The lowest BCUT2D eigenvalue weighted by Gasteiger charge is -2.39. The minimum absolute atomic E-state index is 0.495. The summed E-state index contributed by atoms with van der Waals surface area (Å²) in [6, 6.07) is 8.24. The molecule has 0 amide bonds. The molecule has 1 saturated heterocycles. The Kier molecular flexibility index (Phi) is 5.64. The van der Waals surface area contributed by atoms with Gasteiger partial charge in [-0.05, 0) is 36.8 Å². The monoisotopic (exact) mass is 375 g/mol. The molecule has 138 valence electrons. The van der Waals surface area contributed by atoms with Crippen LogP contribution in [0.25, 0.3) is 0 Å². The lowest BCUT2D eigenvalue weighted by Crippen LogP contribution is -2.49. The molecule has 1 fully saturated rings. The highest BCUT2D eigenvalue weighted by atomic mass is 35.5. The lowest BCUT2D eigenvalue weighted by atomic mass is 10.0. The molecule has 1 aromatic heterocycles. The number of methoxy groups -OCH3 is 1. The molecule has 7 heteroatoms. The molecular formula is C19H22ClN3O3. The van der Waals surface area contributed by atoms with E-state index >= 15 is 0 Å². The smallest absolute Gasteiger partial charge is 0.325 e. The van der Waals surface area contributed by atoms with Crippen molar-refractivity contribution in [3.8, 4) is 5.75 Å². The predicted octanol–water partition coefficient (Wildman–Crippen LogP) is 3.00. The number of nitrogens with zero attached hydrogens (tertiary/aromatic N) is 3. The second-order valence-corrected chi connectivity index (χ2v) is 6.73. The standard InChI is InChI=1S/C19H22ClN3O3/c1-13-4-3-7-21-18(13)23-10-8-22(9-11-23)17(19(24)25)15-12-14(20)5-6-16(15)26-2/h3-7,12,17H,8-11H2,1-2H3,(H,24,25)/t17-/m0/s1. The summed E-state index contributed by atoms with van der Waals surface area (Å²) in [4.78, 5) is 20.6. The van der Waals surface area contributed by atoms with Crippen molar-refractivity contribution in [3.63, 3.8) is 0 Å². The first-order valence-corrected chi connectivity index (χ1v) is 8.86. The highest BCUT2D eigenvalue weighted by Gasteiger charge is 2.33. The van der Waals surface area contributed by atoms with E-state index in [-0.39, 0.29) is 0 Å². The largest absolute Gasteiger partial charge is 0.496 e. The number of halogens is 1. The van der Waals surface area contributed by atoms with Crippen molar-refractivity contribution >= 4 is 23.4 Å². The lowest BCUT2D eigenvalue weighted by molar-refractivity contribution is -0.143. The number of ether oxygens (including phenoxy) is 1. The average Bonchev–Trinajstić information content (AvgIpc) is 2.63. The molecule has 0 spiro atoms. The van der Waals surface area contributed by atoms with Crippen molar-refractivity contribution in [3.05, 3.63) is 52.7 Å². The number of carbonyl (C=O) groups is 1. The summed E-state index contributed by atoms with van der Waals surface area (Å²) in [5.74, 6) is 0.581. The maximum atomic E-state index is 12.0. The number of piperazine rings is 1. The summed E-state index contributed by atoms with van der Waals surface area (Å²) in [6.07, 6.45) is 1.78. The topological polar surface area (TPSA) is 65.9 Å². The number of pyridine rings is 1. The molecule has 0 radical (unpaired) electrons. The third-order valence-corrected chi connectivity index (χ3v) is 4.92. The minimum Gasteiger partial charge on any atom is -0.496 e. The van der Waals surface area contributed by atoms with E-state index in [1.54, 1.807) is 24.4 Å². The molecule has 2 heterocycles. The Labute approximate surface area is 158 Å². The molecule has 0 saturated carbocycles. The van der Waals surface area contributed by atoms with Gasteiger partial charge in [-0.15, -0.1) is 0 Å². The Morgan fingerprint density at radius 3 is 2.62 bits per heavy atom. The number of benzene rings is 1. The van der Waals surface area contributed by atoms with Crippen molar-refractivity contribution < 1.29 is 14.6 Å². The summed E-state index contributed by atoms with van der Waals surface area (Å²) in [6.45, 7) is 4.69. The van der Waals surface area contributed by atoms with Gasteiger partial charge in [-0.25, -0.2) is 4.98 Å². The average molecular weight is 376 g/mol. The van der Waals surface area contributed by atoms with Crippen LogP contribution in [0, 0.1) is 6.92 Å². The molecule has 2 aromatic rings. The normalized spacial score (nSPS) is 16.3. The van der Waals surface area contributed by atoms with Gasteiger partial charge in [0, 0.05) is 43.0 Å². The van der Waals surface area contributed by atoms with Crippen molar-refractivity contribution in [2.24, 2.45) is 0 Å². The number of rotatable bonds is 5. The summed E-state index contributed by atoms with van der Waals surface area (Å²) in [7, 11) is 1.54. The number of aryl methyl sites for hydroxylation is 1. The van der Waals surface area contributed by atoms with Crippen molar-refractivity contribution in [1.82, 2.24) is 9.88 Å². The minimum atomic E-state index is -0.909. The third kappa shape index (κ3) is 3.76. The Morgan fingerprint density at radius 1 is 1.27 bits per heavy atom. The Morgan fingerprint density at radius 2 is 2.00 bits per heavy atom. The van der Waals surface area contributed by atoms with Crippen molar-refractivity contribution in [2.45, 2.75) is 13.0 Å². The van der Waals surface area contributed by atoms with E-state index in [0.29, 0.717) is 42.5 Å². The molecule has 1 N–H and O–H groups in total. The van der Waals surface area contributed by atoms with E-state index in [4.69, 9.17) is 16.3 Å². The second-order valence-electron chi connectivity index (χ2n) is 6.29. The summed E-state index contributed by atoms with van der Waals surface area (Å²) in [5.41, 5.74) is 1.70. The fourth-order valence-corrected chi connectivity index (χ4v) is 3.59. The van der Waals surface area contributed by atoms with Crippen LogP contribution in [0.2, 0.25) is 5.02 Å². The van der Waals surface area contributed by atoms with Gasteiger partial charge in [-0.2, -0.15) is 0 Å². The number of hydrogen-bond donors (Lipinski definition) is 1.